The van der Waals surface area contributed by atoms with Gasteiger partial charge in [-0.05, 0) is 73.1 Å². The second-order valence-corrected chi connectivity index (χ2v) is 8.96. The van der Waals surface area contributed by atoms with Gasteiger partial charge < -0.3 is 10.3 Å². The highest BCUT2D eigenvalue weighted by molar-refractivity contribution is 5.88. The average Bonchev–Trinajstić information content (AvgIpc) is 3.27. The molecule has 1 aromatic carbocycles. The van der Waals surface area contributed by atoms with Crippen LogP contribution in [0.25, 0.3) is 39.1 Å². The summed E-state index contributed by atoms with van der Waals surface area (Å²) in [5, 5.41) is 4.58. The van der Waals surface area contributed by atoms with E-state index in [2.05, 4.69) is 50.6 Å². The third kappa shape index (κ3) is 3.26. The molecule has 154 valence electrons. The first-order chi connectivity index (χ1) is 15.2. The summed E-state index contributed by atoms with van der Waals surface area (Å²) >= 11 is 0. The zero-order valence-electron chi connectivity index (χ0n) is 17.7. The molecule has 2 aliphatic rings. The van der Waals surface area contributed by atoms with E-state index in [1.54, 1.807) is 6.33 Å². The van der Waals surface area contributed by atoms with Gasteiger partial charge in [-0.2, -0.15) is 0 Å². The molecule has 2 N–H and O–H groups in total. The maximum Gasteiger partial charge on any atom is 0.0977 e. The largest absolute Gasteiger partial charge is 0.343 e. The van der Waals surface area contributed by atoms with Gasteiger partial charge in [0.25, 0.3) is 0 Å². The van der Waals surface area contributed by atoms with Crippen LogP contribution in [0.2, 0.25) is 0 Å². The van der Waals surface area contributed by atoms with Crippen LogP contribution in [-0.4, -0.2) is 33.0 Å². The number of benzene rings is 1. The molecule has 0 amide bonds. The van der Waals surface area contributed by atoms with E-state index in [0.717, 1.165) is 58.8 Å². The van der Waals surface area contributed by atoms with Gasteiger partial charge in [0.15, 0.2) is 0 Å². The van der Waals surface area contributed by atoms with Crippen LogP contribution >= 0.6 is 0 Å². The second-order valence-electron chi connectivity index (χ2n) is 8.96. The lowest BCUT2D eigenvalue weighted by Gasteiger charge is -2.44. The van der Waals surface area contributed by atoms with Crippen molar-refractivity contribution in [2.24, 2.45) is 5.41 Å². The van der Waals surface area contributed by atoms with E-state index in [1.165, 1.54) is 24.0 Å². The third-order valence-electron chi connectivity index (χ3n) is 6.82. The molecule has 5 heteroatoms. The van der Waals surface area contributed by atoms with Crippen LogP contribution in [0.4, 0.5) is 0 Å². The van der Waals surface area contributed by atoms with Gasteiger partial charge >= 0.3 is 0 Å². The van der Waals surface area contributed by atoms with Gasteiger partial charge in [-0.15, -0.1) is 0 Å². The number of aryl methyl sites for hydroxylation is 1. The zero-order chi connectivity index (χ0) is 20.8. The average molecular weight is 408 g/mol. The van der Waals surface area contributed by atoms with E-state index < -0.39 is 0 Å². The predicted molar refractivity (Wildman–Crippen MR) is 124 cm³/mol. The van der Waals surface area contributed by atoms with Crippen molar-refractivity contribution < 1.29 is 0 Å². The topological polar surface area (TPSA) is 66.5 Å². The van der Waals surface area contributed by atoms with Crippen molar-refractivity contribution >= 4 is 16.5 Å². The molecule has 0 radical (unpaired) electrons. The van der Waals surface area contributed by atoms with E-state index in [4.69, 9.17) is 4.98 Å². The standard InChI is InChI=1S/C26H25N5/c1-17-3-2-4-23(31-17)25-24(29-16-30-25)19-5-6-22-20(11-19)12-21(13-28-22)18-7-9-26(10-8-18)14-27-15-26/h2-7,11-13,16,27H,8-10,14-15H2,1H3,(H,29,30). The first-order valence-electron chi connectivity index (χ1n) is 11.0. The first-order valence-corrected chi connectivity index (χ1v) is 11.0. The zero-order valence-corrected chi connectivity index (χ0v) is 17.7. The summed E-state index contributed by atoms with van der Waals surface area (Å²) in [6.45, 7) is 4.34. The van der Waals surface area contributed by atoms with E-state index in [0.29, 0.717) is 5.41 Å². The lowest BCUT2D eigenvalue weighted by atomic mass is 9.70. The highest BCUT2D eigenvalue weighted by Crippen LogP contribution is 2.41. The molecule has 5 nitrogen and oxygen atoms in total. The molecule has 1 aliphatic carbocycles. The van der Waals surface area contributed by atoms with Gasteiger partial charge in [0.05, 0.1) is 28.9 Å². The highest BCUT2D eigenvalue weighted by atomic mass is 15.0. The number of aromatic nitrogens is 4. The Morgan fingerprint density at radius 1 is 1.00 bits per heavy atom. The fourth-order valence-electron chi connectivity index (χ4n) is 4.85. The number of hydrogen-bond acceptors (Lipinski definition) is 4. The molecule has 1 spiro atoms. The number of fused-ring (bicyclic) bond motifs is 1. The van der Waals surface area contributed by atoms with Gasteiger partial charge in [-0.3, -0.25) is 9.97 Å². The highest BCUT2D eigenvalue weighted by Gasteiger charge is 2.37. The Kier molecular flexibility index (Phi) is 4.25. The molecule has 3 aromatic heterocycles. The van der Waals surface area contributed by atoms with E-state index in [1.807, 2.05) is 31.3 Å². The fraction of sp³-hybridized carbons (Fsp3) is 0.269. The Balaban J connectivity index is 1.37. The van der Waals surface area contributed by atoms with Crippen LogP contribution < -0.4 is 5.32 Å². The molecular weight excluding hydrogens is 382 g/mol. The van der Waals surface area contributed by atoms with Gasteiger partial charge in [0.2, 0.25) is 0 Å². The van der Waals surface area contributed by atoms with Crippen LogP contribution in [0.3, 0.4) is 0 Å². The number of pyridine rings is 2. The van der Waals surface area contributed by atoms with Crippen molar-refractivity contribution in [3.05, 3.63) is 72.3 Å². The lowest BCUT2D eigenvalue weighted by molar-refractivity contribution is 0.153. The predicted octanol–water partition coefficient (Wildman–Crippen LogP) is 5.15. The summed E-state index contributed by atoms with van der Waals surface area (Å²) in [7, 11) is 0. The van der Waals surface area contributed by atoms with Crippen molar-refractivity contribution in [3.8, 4) is 22.6 Å². The van der Waals surface area contributed by atoms with Crippen LogP contribution in [-0.2, 0) is 0 Å². The van der Waals surface area contributed by atoms with Gasteiger partial charge in [0, 0.05) is 35.9 Å². The molecule has 0 unspecified atom stereocenters. The normalized spacial score (nSPS) is 17.5. The molecule has 0 saturated carbocycles. The molecule has 4 heterocycles. The Morgan fingerprint density at radius 2 is 1.90 bits per heavy atom. The summed E-state index contributed by atoms with van der Waals surface area (Å²) in [5.74, 6) is 0. The number of nitrogens with one attached hydrogen (secondary N) is 2. The number of aromatic amines is 1. The molecular formula is C26H25N5. The Hall–Kier alpha value is -3.31. The number of H-pyrrole nitrogens is 1. The van der Waals surface area contributed by atoms with Gasteiger partial charge in [0.1, 0.15) is 0 Å². The van der Waals surface area contributed by atoms with Gasteiger partial charge in [-0.25, -0.2) is 4.98 Å². The molecule has 1 fully saturated rings. The Morgan fingerprint density at radius 3 is 2.68 bits per heavy atom. The third-order valence-corrected chi connectivity index (χ3v) is 6.82. The van der Waals surface area contributed by atoms with Crippen LogP contribution in [0.1, 0.15) is 30.5 Å². The van der Waals surface area contributed by atoms with E-state index >= 15 is 0 Å². The number of rotatable bonds is 3. The molecule has 0 bridgehead atoms. The summed E-state index contributed by atoms with van der Waals surface area (Å²) in [6.07, 6.45) is 9.79. The molecule has 4 aromatic rings. The van der Waals surface area contributed by atoms with Crippen LogP contribution in [0.5, 0.6) is 0 Å². The maximum absolute atomic E-state index is 4.75. The number of imidazole rings is 1. The smallest absolute Gasteiger partial charge is 0.0977 e. The van der Waals surface area contributed by atoms with Crippen LogP contribution in [0, 0.1) is 12.3 Å². The quantitative estimate of drug-likeness (QED) is 0.493. The minimum atomic E-state index is 0.515. The summed E-state index contributed by atoms with van der Waals surface area (Å²) in [5.41, 5.74) is 9.04. The minimum Gasteiger partial charge on any atom is -0.343 e. The summed E-state index contributed by atoms with van der Waals surface area (Å²) in [4.78, 5) is 17.3. The number of allylic oxidation sites excluding steroid dienone is 2. The minimum absolute atomic E-state index is 0.515. The van der Waals surface area contributed by atoms with Crippen molar-refractivity contribution in [1.29, 1.82) is 0 Å². The maximum atomic E-state index is 4.75. The molecule has 1 aliphatic heterocycles. The molecule has 6 rings (SSSR count). The second kappa shape index (κ2) is 7.13. The number of nitrogens with zero attached hydrogens (tertiary/aromatic N) is 3. The van der Waals surface area contributed by atoms with Crippen molar-refractivity contribution in [2.75, 3.05) is 13.1 Å². The van der Waals surface area contributed by atoms with Crippen molar-refractivity contribution in [3.63, 3.8) is 0 Å². The number of hydrogen-bond donors (Lipinski definition) is 2. The summed E-state index contributed by atoms with van der Waals surface area (Å²) in [6, 6.07) is 14.7. The first kappa shape index (κ1) is 18.5. The lowest BCUT2D eigenvalue weighted by Crippen LogP contribution is -2.53. The molecule has 31 heavy (non-hydrogen) atoms. The SMILES string of the molecule is Cc1cccc(-c2[nH]cnc2-c2ccc3ncc(C4=CCC5(CC4)CNC5)cc3c2)n1. The summed E-state index contributed by atoms with van der Waals surface area (Å²) < 4.78 is 0. The fourth-order valence-corrected chi connectivity index (χ4v) is 4.85. The monoisotopic (exact) mass is 407 g/mol. The Bertz CT molecular complexity index is 1310. The van der Waals surface area contributed by atoms with Crippen LogP contribution in [0.15, 0.2) is 61.1 Å². The molecule has 0 atom stereocenters. The van der Waals surface area contributed by atoms with Gasteiger partial charge in [-0.1, -0.05) is 18.2 Å². The van der Waals surface area contributed by atoms with Crippen molar-refractivity contribution in [1.82, 2.24) is 25.3 Å². The van der Waals surface area contributed by atoms with E-state index in [-0.39, 0.29) is 0 Å². The Labute approximate surface area is 181 Å². The van der Waals surface area contributed by atoms with Crippen molar-refractivity contribution in [2.45, 2.75) is 26.2 Å². The molecule has 1 saturated heterocycles. The van der Waals surface area contributed by atoms with E-state index in [9.17, 15) is 0 Å².